The summed E-state index contributed by atoms with van der Waals surface area (Å²) in [5, 5.41) is 10.9. The molecular formula is C11H12N2O4S. The average Bonchev–Trinajstić information content (AvgIpc) is 2.67. The molecule has 0 N–H and O–H groups in total. The third-order valence-corrected chi connectivity index (χ3v) is 3.12. The van der Waals surface area contributed by atoms with Crippen LogP contribution < -0.4 is 9.64 Å². The zero-order valence-corrected chi connectivity index (χ0v) is 10.6. The van der Waals surface area contributed by atoms with Crippen LogP contribution in [0.4, 0.5) is 11.4 Å². The van der Waals surface area contributed by atoms with E-state index >= 15 is 0 Å². The van der Waals surface area contributed by atoms with Crippen LogP contribution in [0.5, 0.6) is 5.75 Å². The molecule has 1 aliphatic rings. The molecule has 0 radical (unpaired) electrons. The lowest BCUT2D eigenvalue weighted by Crippen LogP contribution is -2.25. The highest BCUT2D eigenvalue weighted by molar-refractivity contribution is 7.81. The second-order valence-electron chi connectivity index (χ2n) is 3.97. The second-order valence-corrected chi connectivity index (χ2v) is 4.70. The fraction of sp³-hybridized carbons (Fsp3) is 0.364. The summed E-state index contributed by atoms with van der Waals surface area (Å²) in [6, 6.07) is 4.34. The van der Waals surface area contributed by atoms with Crippen molar-refractivity contribution in [3.8, 4) is 5.75 Å². The third kappa shape index (κ3) is 2.26. The maximum Gasteiger partial charge on any atom is 0.293 e. The van der Waals surface area contributed by atoms with Gasteiger partial charge in [0, 0.05) is 30.3 Å². The minimum atomic E-state index is -0.506. The number of nitro groups is 1. The van der Waals surface area contributed by atoms with Crippen LogP contribution >= 0.6 is 12.6 Å². The molecule has 1 unspecified atom stereocenters. The Labute approximate surface area is 109 Å². The van der Waals surface area contributed by atoms with Crippen molar-refractivity contribution in [2.24, 2.45) is 0 Å². The SMILES string of the molecule is COc1ccc([N+](=O)[O-])c(N2CC(S)CC2=O)c1. The van der Waals surface area contributed by atoms with E-state index in [1.54, 1.807) is 0 Å². The summed E-state index contributed by atoms with van der Waals surface area (Å²) in [7, 11) is 1.47. The summed E-state index contributed by atoms with van der Waals surface area (Å²) in [4.78, 5) is 23.6. The van der Waals surface area contributed by atoms with Crippen LogP contribution in [0.3, 0.4) is 0 Å². The number of ether oxygens (including phenoxy) is 1. The first kappa shape index (κ1) is 12.7. The normalized spacial score (nSPS) is 19.1. The van der Waals surface area contributed by atoms with E-state index in [4.69, 9.17) is 4.74 Å². The molecule has 1 aromatic rings. The van der Waals surface area contributed by atoms with Crippen molar-refractivity contribution < 1.29 is 14.5 Å². The number of hydrogen-bond donors (Lipinski definition) is 1. The van der Waals surface area contributed by atoms with Crippen LogP contribution in [0.2, 0.25) is 0 Å². The minimum Gasteiger partial charge on any atom is -0.497 e. The van der Waals surface area contributed by atoms with E-state index in [2.05, 4.69) is 12.6 Å². The van der Waals surface area contributed by atoms with E-state index in [0.717, 1.165) is 0 Å². The maximum atomic E-state index is 11.8. The maximum absolute atomic E-state index is 11.8. The Kier molecular flexibility index (Phi) is 3.42. The molecule has 1 atom stereocenters. The lowest BCUT2D eigenvalue weighted by molar-refractivity contribution is -0.384. The molecule has 1 fully saturated rings. The Morgan fingerprint density at radius 1 is 1.56 bits per heavy atom. The van der Waals surface area contributed by atoms with Crippen LogP contribution in [0.1, 0.15) is 6.42 Å². The van der Waals surface area contributed by atoms with Crippen molar-refractivity contribution >= 4 is 29.9 Å². The van der Waals surface area contributed by atoms with Gasteiger partial charge in [0.25, 0.3) is 5.69 Å². The molecule has 6 nitrogen and oxygen atoms in total. The highest BCUT2D eigenvalue weighted by Gasteiger charge is 2.32. The van der Waals surface area contributed by atoms with E-state index in [1.807, 2.05) is 0 Å². The number of rotatable bonds is 3. The molecule has 1 heterocycles. The van der Waals surface area contributed by atoms with E-state index in [9.17, 15) is 14.9 Å². The lowest BCUT2D eigenvalue weighted by atomic mass is 10.2. The van der Waals surface area contributed by atoms with Crippen LogP contribution in [-0.2, 0) is 4.79 Å². The van der Waals surface area contributed by atoms with Gasteiger partial charge >= 0.3 is 0 Å². The highest BCUT2D eigenvalue weighted by atomic mass is 32.1. The van der Waals surface area contributed by atoms with Crippen LogP contribution in [0, 0.1) is 10.1 Å². The molecule has 0 spiro atoms. The van der Waals surface area contributed by atoms with Gasteiger partial charge in [-0.1, -0.05) is 0 Å². The number of benzene rings is 1. The average molecular weight is 268 g/mol. The van der Waals surface area contributed by atoms with E-state index < -0.39 is 4.92 Å². The summed E-state index contributed by atoms with van der Waals surface area (Å²) >= 11 is 4.23. The van der Waals surface area contributed by atoms with E-state index in [1.165, 1.54) is 30.2 Å². The molecule has 1 aliphatic heterocycles. The van der Waals surface area contributed by atoms with Gasteiger partial charge in [-0.2, -0.15) is 12.6 Å². The first-order valence-corrected chi connectivity index (χ1v) is 5.85. The van der Waals surface area contributed by atoms with Gasteiger partial charge in [0.15, 0.2) is 0 Å². The lowest BCUT2D eigenvalue weighted by Gasteiger charge is -2.16. The Bertz CT molecular complexity index is 506. The highest BCUT2D eigenvalue weighted by Crippen LogP contribution is 2.35. The number of anilines is 1. The van der Waals surface area contributed by atoms with E-state index in [0.29, 0.717) is 12.3 Å². The van der Waals surface area contributed by atoms with Crippen LogP contribution in [0.25, 0.3) is 0 Å². The van der Waals surface area contributed by atoms with Crippen molar-refractivity contribution in [1.82, 2.24) is 0 Å². The van der Waals surface area contributed by atoms with Crippen molar-refractivity contribution in [3.63, 3.8) is 0 Å². The van der Waals surface area contributed by atoms with Gasteiger partial charge in [-0.3, -0.25) is 14.9 Å². The summed E-state index contributed by atoms with van der Waals surface area (Å²) < 4.78 is 5.03. The summed E-state index contributed by atoms with van der Waals surface area (Å²) in [6.07, 6.45) is 0.289. The number of nitrogens with zero attached hydrogens (tertiary/aromatic N) is 2. The standard InChI is InChI=1S/C11H12N2O4S/c1-17-7-2-3-9(13(15)16)10(4-7)12-6-8(18)5-11(12)14/h2-4,8,18H,5-6H2,1H3. The topological polar surface area (TPSA) is 72.7 Å². The zero-order valence-electron chi connectivity index (χ0n) is 9.70. The summed E-state index contributed by atoms with van der Waals surface area (Å²) in [5.74, 6) is 0.317. The van der Waals surface area contributed by atoms with Gasteiger partial charge in [0.05, 0.1) is 12.0 Å². The molecule has 2 rings (SSSR count). The quantitative estimate of drug-likeness (QED) is 0.514. The monoisotopic (exact) mass is 268 g/mol. The van der Waals surface area contributed by atoms with Gasteiger partial charge in [-0.15, -0.1) is 0 Å². The molecule has 1 aromatic carbocycles. The van der Waals surface area contributed by atoms with Gasteiger partial charge in [-0.05, 0) is 6.07 Å². The molecule has 1 amide bonds. The molecular weight excluding hydrogens is 256 g/mol. The molecule has 18 heavy (non-hydrogen) atoms. The fourth-order valence-electron chi connectivity index (χ4n) is 1.92. The number of carbonyl (C=O) groups excluding carboxylic acids is 1. The zero-order chi connectivity index (χ0) is 13.3. The molecule has 7 heteroatoms. The molecule has 96 valence electrons. The third-order valence-electron chi connectivity index (χ3n) is 2.77. The van der Waals surface area contributed by atoms with Crippen molar-refractivity contribution in [2.75, 3.05) is 18.6 Å². The van der Waals surface area contributed by atoms with Crippen LogP contribution in [0.15, 0.2) is 18.2 Å². The summed E-state index contributed by atoms with van der Waals surface area (Å²) in [5.41, 5.74) is 0.160. The van der Waals surface area contributed by atoms with Crippen molar-refractivity contribution in [1.29, 1.82) is 0 Å². The Morgan fingerprint density at radius 2 is 2.28 bits per heavy atom. The first-order chi connectivity index (χ1) is 8.52. The number of amides is 1. The predicted molar refractivity (Wildman–Crippen MR) is 69.4 cm³/mol. The molecule has 0 saturated carbocycles. The van der Waals surface area contributed by atoms with Gasteiger partial charge in [-0.25, -0.2) is 0 Å². The number of hydrogen-bond acceptors (Lipinski definition) is 5. The van der Waals surface area contributed by atoms with Crippen molar-refractivity contribution in [2.45, 2.75) is 11.7 Å². The summed E-state index contributed by atoms with van der Waals surface area (Å²) in [6.45, 7) is 0.371. The largest absolute Gasteiger partial charge is 0.497 e. The number of thiol groups is 1. The molecule has 1 saturated heterocycles. The Hall–Kier alpha value is -1.76. The fourth-order valence-corrected chi connectivity index (χ4v) is 2.24. The molecule has 0 bridgehead atoms. The Morgan fingerprint density at radius 3 is 2.78 bits per heavy atom. The van der Waals surface area contributed by atoms with Gasteiger partial charge in [0.2, 0.25) is 5.91 Å². The number of nitro benzene ring substituents is 1. The van der Waals surface area contributed by atoms with Gasteiger partial charge < -0.3 is 9.64 Å². The van der Waals surface area contributed by atoms with Gasteiger partial charge in [0.1, 0.15) is 11.4 Å². The molecule has 0 aromatic heterocycles. The number of carbonyl (C=O) groups is 1. The van der Waals surface area contributed by atoms with Crippen molar-refractivity contribution in [3.05, 3.63) is 28.3 Å². The Balaban J connectivity index is 2.47. The minimum absolute atomic E-state index is 0.0942. The smallest absolute Gasteiger partial charge is 0.293 e. The molecule has 0 aliphatic carbocycles. The van der Waals surface area contributed by atoms with Crippen LogP contribution in [-0.4, -0.2) is 29.7 Å². The first-order valence-electron chi connectivity index (χ1n) is 5.33. The predicted octanol–water partition coefficient (Wildman–Crippen LogP) is 1.64. The number of methoxy groups -OCH3 is 1. The second kappa shape index (κ2) is 4.85. The van der Waals surface area contributed by atoms with E-state index in [-0.39, 0.29) is 29.0 Å².